The summed E-state index contributed by atoms with van der Waals surface area (Å²) >= 11 is 0. The fourth-order valence-corrected chi connectivity index (χ4v) is 5.38. The molecule has 0 aliphatic carbocycles. The van der Waals surface area contributed by atoms with Crippen LogP contribution in [0.5, 0.6) is 0 Å². The molecule has 2 saturated heterocycles. The molecule has 2 aliphatic heterocycles. The number of hydrogen-bond acceptors (Lipinski definition) is 5. The Kier molecular flexibility index (Phi) is 8.25. The minimum Gasteiger partial charge on any atom is -0.354 e. The lowest BCUT2D eigenvalue weighted by Crippen LogP contribution is -2.46. The zero-order valence-electron chi connectivity index (χ0n) is 15.8. The molecule has 0 spiro atoms. The van der Waals surface area contributed by atoms with Crippen molar-refractivity contribution in [2.75, 3.05) is 26.2 Å². The second-order valence-corrected chi connectivity index (χ2v) is 9.30. The molecule has 0 saturated carbocycles. The van der Waals surface area contributed by atoms with Crippen molar-refractivity contribution in [3.8, 4) is 6.07 Å². The van der Waals surface area contributed by atoms with Gasteiger partial charge in [-0.25, -0.2) is 12.7 Å². The number of halogens is 1. The first-order chi connectivity index (χ1) is 13.0. The molecular weight excluding hydrogens is 400 g/mol. The van der Waals surface area contributed by atoms with Crippen LogP contribution in [0.3, 0.4) is 0 Å². The Balaban J connectivity index is 0.00000280. The van der Waals surface area contributed by atoms with Crippen molar-refractivity contribution >= 4 is 28.3 Å². The van der Waals surface area contributed by atoms with Crippen molar-refractivity contribution in [3.05, 3.63) is 35.4 Å². The summed E-state index contributed by atoms with van der Waals surface area (Å²) in [5.41, 5.74) is 1.08. The number of piperidine rings is 1. The number of carbonyl (C=O) groups is 1. The van der Waals surface area contributed by atoms with Gasteiger partial charge in [-0.15, -0.1) is 12.4 Å². The largest absolute Gasteiger partial charge is 0.354 e. The maximum Gasteiger partial charge on any atom is 0.237 e. The molecule has 2 N–H and O–H groups in total. The molecule has 7 nitrogen and oxygen atoms in total. The lowest BCUT2D eigenvalue weighted by molar-refractivity contribution is -0.123. The fourth-order valence-electron chi connectivity index (χ4n) is 3.76. The molecule has 2 heterocycles. The third kappa shape index (κ3) is 5.92. The van der Waals surface area contributed by atoms with Gasteiger partial charge in [-0.1, -0.05) is 12.1 Å². The van der Waals surface area contributed by atoms with Crippen LogP contribution in [0.15, 0.2) is 24.3 Å². The number of nitrogens with one attached hydrogen (secondary N) is 2. The normalized spacial score (nSPS) is 22.8. The molecule has 1 aromatic carbocycles. The van der Waals surface area contributed by atoms with E-state index in [1.807, 2.05) is 6.07 Å². The minimum absolute atomic E-state index is 0. The Morgan fingerprint density at radius 1 is 1.32 bits per heavy atom. The van der Waals surface area contributed by atoms with Crippen LogP contribution in [0.2, 0.25) is 0 Å². The molecular formula is C19H27ClN4O3S. The summed E-state index contributed by atoms with van der Waals surface area (Å²) in [5.74, 6) is 0.0401. The van der Waals surface area contributed by atoms with Crippen LogP contribution in [0, 0.1) is 17.2 Å². The molecule has 2 fully saturated rings. The Labute approximate surface area is 172 Å². The Morgan fingerprint density at radius 3 is 2.86 bits per heavy atom. The summed E-state index contributed by atoms with van der Waals surface area (Å²) in [6, 6.07) is 8.64. The van der Waals surface area contributed by atoms with Crippen molar-refractivity contribution in [1.82, 2.24) is 14.9 Å². The lowest BCUT2D eigenvalue weighted by Gasteiger charge is -2.32. The van der Waals surface area contributed by atoms with Gasteiger partial charge in [0.25, 0.3) is 0 Å². The van der Waals surface area contributed by atoms with Gasteiger partial charge in [0.1, 0.15) is 0 Å². The molecule has 0 bridgehead atoms. The summed E-state index contributed by atoms with van der Waals surface area (Å²) in [6.45, 7) is 2.32. The number of nitriles is 1. The summed E-state index contributed by atoms with van der Waals surface area (Å²) < 4.78 is 27.1. The van der Waals surface area contributed by atoms with Crippen molar-refractivity contribution in [1.29, 1.82) is 5.26 Å². The predicted octanol–water partition coefficient (Wildman–Crippen LogP) is 1.39. The van der Waals surface area contributed by atoms with E-state index in [0.717, 1.165) is 32.2 Å². The van der Waals surface area contributed by atoms with Crippen LogP contribution < -0.4 is 10.6 Å². The van der Waals surface area contributed by atoms with Crippen LogP contribution in [-0.4, -0.2) is 50.9 Å². The first kappa shape index (κ1) is 22.6. The van der Waals surface area contributed by atoms with Crippen LogP contribution in [0.1, 0.15) is 36.8 Å². The van der Waals surface area contributed by atoms with E-state index in [4.69, 9.17) is 5.26 Å². The first-order valence-corrected chi connectivity index (χ1v) is 11.1. The average Bonchev–Trinajstić information content (AvgIpc) is 3.21. The van der Waals surface area contributed by atoms with E-state index in [9.17, 15) is 13.2 Å². The standard InChI is InChI=1S/C19H26N4O3S.ClH/c20-11-15-4-1-5-16(10-15)14-27(25,26)23-9-3-6-17(13-23)12-22-19(24)18-7-2-8-21-18;/h1,4-5,10,17-18,21H,2-3,6-9,12-14H2,(H,22,24);1H. The van der Waals surface area contributed by atoms with Crippen LogP contribution in [0.25, 0.3) is 0 Å². The van der Waals surface area contributed by atoms with Gasteiger partial charge in [0.05, 0.1) is 23.4 Å². The maximum atomic E-state index is 12.8. The highest BCUT2D eigenvalue weighted by Crippen LogP contribution is 2.21. The summed E-state index contributed by atoms with van der Waals surface area (Å²) in [6.07, 6.45) is 3.58. The number of hydrogen-bond donors (Lipinski definition) is 2. The second kappa shape index (κ2) is 10.2. The number of carbonyl (C=O) groups excluding carboxylic acids is 1. The molecule has 0 aromatic heterocycles. The molecule has 9 heteroatoms. The summed E-state index contributed by atoms with van der Waals surface area (Å²) in [7, 11) is -3.45. The molecule has 2 aliphatic rings. The topological polar surface area (TPSA) is 102 Å². The first-order valence-electron chi connectivity index (χ1n) is 9.46. The molecule has 2 atom stereocenters. The van der Waals surface area contributed by atoms with E-state index in [1.165, 1.54) is 4.31 Å². The van der Waals surface area contributed by atoms with Gasteiger partial charge in [-0.3, -0.25) is 4.79 Å². The van der Waals surface area contributed by atoms with Crippen molar-refractivity contribution < 1.29 is 13.2 Å². The van der Waals surface area contributed by atoms with Crippen molar-refractivity contribution in [2.24, 2.45) is 5.92 Å². The van der Waals surface area contributed by atoms with E-state index >= 15 is 0 Å². The summed E-state index contributed by atoms with van der Waals surface area (Å²) in [5, 5.41) is 15.1. The average molecular weight is 427 g/mol. The highest BCUT2D eigenvalue weighted by molar-refractivity contribution is 7.88. The quantitative estimate of drug-likeness (QED) is 0.715. The fraction of sp³-hybridized carbons (Fsp3) is 0.579. The Hall–Kier alpha value is -1.66. The number of sulfonamides is 1. The lowest BCUT2D eigenvalue weighted by atomic mass is 9.99. The third-order valence-electron chi connectivity index (χ3n) is 5.22. The van der Waals surface area contributed by atoms with E-state index < -0.39 is 10.0 Å². The SMILES string of the molecule is Cl.N#Cc1cccc(CS(=O)(=O)N2CCCC(CNC(=O)C3CCCN3)C2)c1. The number of rotatable bonds is 6. The Morgan fingerprint density at radius 2 is 2.14 bits per heavy atom. The molecule has 1 aromatic rings. The second-order valence-electron chi connectivity index (χ2n) is 7.33. The molecule has 28 heavy (non-hydrogen) atoms. The van der Waals surface area contributed by atoms with Gasteiger partial charge in [0.2, 0.25) is 15.9 Å². The third-order valence-corrected chi connectivity index (χ3v) is 7.04. The monoisotopic (exact) mass is 426 g/mol. The summed E-state index contributed by atoms with van der Waals surface area (Å²) in [4.78, 5) is 12.1. The van der Waals surface area contributed by atoms with Crippen LogP contribution in [-0.2, 0) is 20.6 Å². The van der Waals surface area contributed by atoms with Gasteiger partial charge in [0.15, 0.2) is 0 Å². The zero-order valence-corrected chi connectivity index (χ0v) is 17.4. The van der Waals surface area contributed by atoms with Crippen LogP contribution >= 0.6 is 12.4 Å². The zero-order chi connectivity index (χ0) is 19.3. The van der Waals surface area contributed by atoms with E-state index in [2.05, 4.69) is 10.6 Å². The molecule has 0 radical (unpaired) electrons. The maximum absolute atomic E-state index is 12.8. The van der Waals surface area contributed by atoms with Gasteiger partial charge < -0.3 is 10.6 Å². The van der Waals surface area contributed by atoms with Gasteiger partial charge in [0, 0.05) is 19.6 Å². The van der Waals surface area contributed by atoms with E-state index in [-0.39, 0.29) is 36.0 Å². The van der Waals surface area contributed by atoms with E-state index in [0.29, 0.717) is 30.8 Å². The minimum atomic E-state index is -3.45. The van der Waals surface area contributed by atoms with Gasteiger partial charge in [-0.05, 0) is 55.8 Å². The highest BCUT2D eigenvalue weighted by atomic mass is 35.5. The number of nitrogens with zero attached hydrogens (tertiary/aromatic N) is 2. The van der Waals surface area contributed by atoms with Gasteiger partial charge >= 0.3 is 0 Å². The molecule has 154 valence electrons. The van der Waals surface area contributed by atoms with Crippen molar-refractivity contribution in [3.63, 3.8) is 0 Å². The smallest absolute Gasteiger partial charge is 0.237 e. The molecule has 1 amide bonds. The molecule has 2 unspecified atom stereocenters. The highest BCUT2D eigenvalue weighted by Gasteiger charge is 2.30. The molecule has 3 rings (SSSR count). The van der Waals surface area contributed by atoms with Crippen LogP contribution in [0.4, 0.5) is 0 Å². The number of amides is 1. The predicted molar refractivity (Wildman–Crippen MR) is 109 cm³/mol. The van der Waals surface area contributed by atoms with E-state index in [1.54, 1.807) is 24.3 Å². The van der Waals surface area contributed by atoms with Gasteiger partial charge in [-0.2, -0.15) is 5.26 Å². The Bertz CT molecular complexity index is 819. The number of benzene rings is 1. The van der Waals surface area contributed by atoms with Crippen molar-refractivity contribution in [2.45, 2.75) is 37.5 Å².